The quantitative estimate of drug-likeness (QED) is 0.596. The summed E-state index contributed by atoms with van der Waals surface area (Å²) in [6.45, 7) is 10.2. The summed E-state index contributed by atoms with van der Waals surface area (Å²) in [6, 6.07) is 10.1. The van der Waals surface area contributed by atoms with Crippen molar-refractivity contribution in [2.24, 2.45) is 5.41 Å². The van der Waals surface area contributed by atoms with Crippen molar-refractivity contribution in [3.8, 4) is 0 Å². The molecular formula is C17H22O2. The highest BCUT2D eigenvalue weighted by Crippen LogP contribution is 2.28. The van der Waals surface area contributed by atoms with E-state index in [1.54, 1.807) is 0 Å². The minimum atomic E-state index is -0.351. The summed E-state index contributed by atoms with van der Waals surface area (Å²) in [7, 11) is 1.38. The van der Waals surface area contributed by atoms with Crippen LogP contribution in [0.2, 0.25) is 0 Å². The highest BCUT2D eigenvalue weighted by molar-refractivity contribution is 5.90. The molecule has 0 aliphatic rings. The molecule has 19 heavy (non-hydrogen) atoms. The number of rotatable bonds is 4. The summed E-state index contributed by atoms with van der Waals surface area (Å²) < 4.78 is 4.71. The Kier molecular flexibility index (Phi) is 5.11. The highest BCUT2D eigenvalue weighted by atomic mass is 16.5. The first-order valence-electron chi connectivity index (χ1n) is 6.37. The number of allylic oxidation sites excluding steroid dienone is 2. The van der Waals surface area contributed by atoms with Gasteiger partial charge < -0.3 is 4.74 Å². The maximum absolute atomic E-state index is 11.5. The molecule has 102 valence electrons. The van der Waals surface area contributed by atoms with Gasteiger partial charge in [0.1, 0.15) is 0 Å². The lowest BCUT2D eigenvalue weighted by Crippen LogP contribution is -2.06. The first kappa shape index (κ1) is 15.2. The Morgan fingerprint density at radius 1 is 1.26 bits per heavy atom. The Labute approximate surface area is 115 Å². The zero-order chi connectivity index (χ0) is 14.5. The van der Waals surface area contributed by atoms with Crippen molar-refractivity contribution in [3.63, 3.8) is 0 Å². The van der Waals surface area contributed by atoms with Gasteiger partial charge in [0.05, 0.1) is 7.11 Å². The van der Waals surface area contributed by atoms with E-state index in [0.717, 1.165) is 11.1 Å². The van der Waals surface area contributed by atoms with Crippen molar-refractivity contribution in [2.75, 3.05) is 7.11 Å². The van der Waals surface area contributed by atoms with Gasteiger partial charge in [-0.15, -0.1) is 0 Å². The molecule has 0 saturated carbocycles. The number of hydrogen-bond donors (Lipinski definition) is 0. The topological polar surface area (TPSA) is 26.3 Å². The predicted molar refractivity (Wildman–Crippen MR) is 79.6 cm³/mol. The molecule has 0 fully saturated rings. The Balaban J connectivity index is 3.05. The van der Waals surface area contributed by atoms with Gasteiger partial charge in [0, 0.05) is 12.0 Å². The average molecular weight is 258 g/mol. The monoisotopic (exact) mass is 258 g/mol. The third-order valence-corrected chi connectivity index (χ3v) is 2.63. The minimum Gasteiger partial charge on any atom is -0.466 e. The first-order chi connectivity index (χ1) is 8.83. The second-order valence-electron chi connectivity index (χ2n) is 5.67. The Hall–Kier alpha value is -1.83. The van der Waals surface area contributed by atoms with Crippen LogP contribution in [0.1, 0.15) is 32.8 Å². The maximum atomic E-state index is 11.5. The highest BCUT2D eigenvalue weighted by Gasteiger charge is 2.14. The lowest BCUT2D eigenvalue weighted by molar-refractivity contribution is -0.136. The molecular weight excluding hydrogens is 236 g/mol. The molecule has 0 amide bonds. The maximum Gasteiger partial charge on any atom is 0.333 e. The number of carbonyl (C=O) groups is 1. The fourth-order valence-corrected chi connectivity index (χ4v) is 1.86. The van der Waals surface area contributed by atoms with E-state index in [4.69, 9.17) is 4.74 Å². The largest absolute Gasteiger partial charge is 0.466 e. The summed E-state index contributed by atoms with van der Waals surface area (Å²) in [5, 5.41) is 0. The van der Waals surface area contributed by atoms with E-state index in [0.29, 0.717) is 12.0 Å². The zero-order valence-corrected chi connectivity index (χ0v) is 12.2. The van der Waals surface area contributed by atoms with Crippen LogP contribution >= 0.6 is 0 Å². The predicted octanol–water partition coefficient (Wildman–Crippen LogP) is 4.24. The number of esters is 1. The summed E-state index contributed by atoms with van der Waals surface area (Å²) in [5.74, 6) is -0.351. The second kappa shape index (κ2) is 6.37. The molecule has 2 heteroatoms. The van der Waals surface area contributed by atoms with Crippen molar-refractivity contribution in [1.82, 2.24) is 0 Å². The van der Waals surface area contributed by atoms with Crippen molar-refractivity contribution < 1.29 is 9.53 Å². The molecule has 0 spiro atoms. The van der Waals surface area contributed by atoms with Crippen LogP contribution in [-0.2, 0) is 9.53 Å². The summed E-state index contributed by atoms with van der Waals surface area (Å²) in [6.07, 6.45) is 2.68. The molecule has 1 rings (SSSR count). The summed E-state index contributed by atoms with van der Waals surface area (Å²) in [5.41, 5.74) is 2.73. The van der Waals surface area contributed by atoms with E-state index >= 15 is 0 Å². The van der Waals surface area contributed by atoms with Crippen molar-refractivity contribution >= 4 is 11.5 Å². The molecule has 2 nitrogen and oxygen atoms in total. The SMILES string of the molecule is C=C(C/C(=C/C(C)(C)C)c1ccccc1)C(=O)OC. The van der Waals surface area contributed by atoms with Gasteiger partial charge in [0.25, 0.3) is 0 Å². The molecule has 0 atom stereocenters. The smallest absolute Gasteiger partial charge is 0.333 e. The first-order valence-corrected chi connectivity index (χ1v) is 6.37. The van der Waals surface area contributed by atoms with E-state index in [1.807, 2.05) is 30.3 Å². The van der Waals surface area contributed by atoms with Crippen molar-refractivity contribution in [2.45, 2.75) is 27.2 Å². The molecule has 0 aromatic heterocycles. The summed E-state index contributed by atoms with van der Waals surface area (Å²) >= 11 is 0. The number of hydrogen-bond acceptors (Lipinski definition) is 2. The third-order valence-electron chi connectivity index (χ3n) is 2.63. The van der Waals surface area contributed by atoms with E-state index in [-0.39, 0.29) is 11.4 Å². The van der Waals surface area contributed by atoms with Crippen LogP contribution in [0.5, 0.6) is 0 Å². The molecule has 1 aromatic carbocycles. The fourth-order valence-electron chi connectivity index (χ4n) is 1.86. The number of benzene rings is 1. The second-order valence-corrected chi connectivity index (χ2v) is 5.67. The van der Waals surface area contributed by atoms with Crippen LogP contribution in [0.25, 0.3) is 5.57 Å². The molecule has 0 unspecified atom stereocenters. The van der Waals surface area contributed by atoms with Crippen LogP contribution in [0.4, 0.5) is 0 Å². The van der Waals surface area contributed by atoms with E-state index in [9.17, 15) is 4.79 Å². The number of methoxy groups -OCH3 is 1. The van der Waals surface area contributed by atoms with Crippen LogP contribution in [0.3, 0.4) is 0 Å². The Morgan fingerprint density at radius 3 is 2.32 bits per heavy atom. The minimum absolute atomic E-state index is 0.0432. The average Bonchev–Trinajstić information content (AvgIpc) is 2.36. The molecule has 0 aliphatic carbocycles. The lowest BCUT2D eigenvalue weighted by Gasteiger charge is -2.17. The third kappa shape index (κ3) is 5.12. The molecule has 0 N–H and O–H groups in total. The molecule has 0 aliphatic heterocycles. The molecule has 1 aromatic rings. The van der Waals surface area contributed by atoms with Crippen LogP contribution in [0.15, 0.2) is 48.6 Å². The fraction of sp³-hybridized carbons (Fsp3) is 0.353. The molecule has 0 bridgehead atoms. The van der Waals surface area contributed by atoms with Gasteiger partial charge in [-0.25, -0.2) is 4.79 Å². The molecule has 0 saturated heterocycles. The Bertz CT molecular complexity index is 476. The van der Waals surface area contributed by atoms with Gasteiger partial charge in [-0.05, 0) is 16.6 Å². The van der Waals surface area contributed by atoms with E-state index < -0.39 is 0 Å². The van der Waals surface area contributed by atoms with Gasteiger partial charge in [0.15, 0.2) is 0 Å². The Morgan fingerprint density at radius 2 is 1.84 bits per heavy atom. The molecule has 0 heterocycles. The van der Waals surface area contributed by atoms with Crippen LogP contribution in [0, 0.1) is 5.41 Å². The van der Waals surface area contributed by atoms with Gasteiger partial charge in [-0.1, -0.05) is 63.8 Å². The van der Waals surface area contributed by atoms with Gasteiger partial charge in [0.2, 0.25) is 0 Å². The van der Waals surface area contributed by atoms with Crippen molar-refractivity contribution in [1.29, 1.82) is 0 Å². The summed E-state index contributed by atoms with van der Waals surface area (Å²) in [4.78, 5) is 11.5. The zero-order valence-electron chi connectivity index (χ0n) is 12.2. The van der Waals surface area contributed by atoms with E-state index in [1.165, 1.54) is 7.11 Å². The molecule has 0 radical (unpaired) electrons. The normalized spacial score (nSPS) is 12.1. The number of carbonyl (C=O) groups excluding carboxylic acids is 1. The van der Waals surface area contributed by atoms with E-state index in [2.05, 4.69) is 33.4 Å². The lowest BCUT2D eigenvalue weighted by atomic mass is 9.88. The van der Waals surface area contributed by atoms with Crippen molar-refractivity contribution in [3.05, 3.63) is 54.1 Å². The van der Waals surface area contributed by atoms with Gasteiger partial charge in [-0.3, -0.25) is 0 Å². The standard InChI is InChI=1S/C17H22O2/c1-13(16(18)19-5)11-15(12-17(2,3)4)14-9-7-6-8-10-14/h6-10,12H,1,11H2,2-5H3/b15-12-. The van der Waals surface area contributed by atoms with Crippen LogP contribution in [-0.4, -0.2) is 13.1 Å². The van der Waals surface area contributed by atoms with Gasteiger partial charge in [-0.2, -0.15) is 0 Å². The number of ether oxygens (including phenoxy) is 1. The van der Waals surface area contributed by atoms with Crippen LogP contribution < -0.4 is 0 Å². The van der Waals surface area contributed by atoms with Gasteiger partial charge >= 0.3 is 5.97 Å².